The van der Waals surface area contributed by atoms with Gasteiger partial charge in [0.2, 0.25) is 5.75 Å². The Morgan fingerprint density at radius 2 is 2.03 bits per heavy atom. The molecule has 1 aliphatic rings. The van der Waals surface area contributed by atoms with Gasteiger partial charge >= 0.3 is 11.7 Å². The molecule has 0 bridgehead atoms. The Kier molecular flexibility index (Phi) is 7.11. The summed E-state index contributed by atoms with van der Waals surface area (Å²) in [6.45, 7) is 1.25. The molecule has 0 amide bonds. The SMILES string of the molecule is C[C@H](Oc1c(C=Nn2c(C3CCCCC3)nc3ccccc3c2=O)cc(Cl)cc1[N+](=O)[O-])C(=O)O. The van der Waals surface area contributed by atoms with E-state index in [1.165, 1.54) is 23.9 Å². The molecule has 1 N–H and O–H groups in total. The maximum atomic E-state index is 13.4. The Morgan fingerprint density at radius 1 is 1.31 bits per heavy atom. The van der Waals surface area contributed by atoms with Gasteiger partial charge in [-0.3, -0.25) is 14.9 Å². The van der Waals surface area contributed by atoms with E-state index in [0.717, 1.165) is 38.2 Å². The molecule has 182 valence electrons. The molecule has 0 aliphatic heterocycles. The topological polar surface area (TPSA) is 137 Å². The zero-order chi connectivity index (χ0) is 25.1. The van der Waals surface area contributed by atoms with E-state index in [1.807, 2.05) is 6.07 Å². The molecular formula is C24H23ClN4O6. The third-order valence-corrected chi connectivity index (χ3v) is 6.18. The van der Waals surface area contributed by atoms with E-state index in [9.17, 15) is 24.8 Å². The summed E-state index contributed by atoms with van der Waals surface area (Å²) in [4.78, 5) is 40.3. The number of nitro groups is 1. The molecule has 1 heterocycles. The van der Waals surface area contributed by atoms with Crippen molar-refractivity contribution in [2.75, 3.05) is 0 Å². The van der Waals surface area contributed by atoms with Crippen LogP contribution in [0.25, 0.3) is 10.9 Å². The quantitative estimate of drug-likeness (QED) is 0.282. The predicted octanol–water partition coefficient (Wildman–Crippen LogP) is 4.74. The Balaban J connectivity index is 1.88. The number of rotatable bonds is 7. The van der Waals surface area contributed by atoms with Crippen LogP contribution in [0.1, 0.15) is 56.3 Å². The number of hydrogen-bond donors (Lipinski definition) is 1. The maximum Gasteiger partial charge on any atom is 0.344 e. The number of carbonyl (C=O) groups is 1. The Hall–Kier alpha value is -3.79. The molecule has 1 atom stereocenters. The normalized spacial score (nSPS) is 15.4. The molecule has 0 spiro atoms. The first-order valence-corrected chi connectivity index (χ1v) is 11.6. The van der Waals surface area contributed by atoms with Crippen LogP contribution in [0.15, 0.2) is 46.3 Å². The van der Waals surface area contributed by atoms with Gasteiger partial charge in [-0.1, -0.05) is 43.0 Å². The van der Waals surface area contributed by atoms with E-state index in [-0.39, 0.29) is 27.8 Å². The molecule has 2 aromatic carbocycles. The summed E-state index contributed by atoms with van der Waals surface area (Å²) in [5, 5.41) is 25.6. The zero-order valence-electron chi connectivity index (χ0n) is 18.9. The van der Waals surface area contributed by atoms with E-state index in [4.69, 9.17) is 21.3 Å². The van der Waals surface area contributed by atoms with Gasteiger partial charge in [0.25, 0.3) is 5.56 Å². The van der Waals surface area contributed by atoms with E-state index in [0.29, 0.717) is 16.7 Å². The average Bonchev–Trinajstić information content (AvgIpc) is 2.84. The number of nitro benzene ring substituents is 1. The highest BCUT2D eigenvalue weighted by molar-refractivity contribution is 6.31. The Morgan fingerprint density at radius 3 is 2.71 bits per heavy atom. The van der Waals surface area contributed by atoms with Crippen LogP contribution in [0.4, 0.5) is 5.69 Å². The fraction of sp³-hybridized carbons (Fsp3) is 0.333. The number of benzene rings is 2. The van der Waals surface area contributed by atoms with Crippen LogP contribution in [0, 0.1) is 10.1 Å². The number of nitrogens with zero attached hydrogens (tertiary/aromatic N) is 4. The summed E-state index contributed by atoms with van der Waals surface area (Å²) >= 11 is 6.09. The summed E-state index contributed by atoms with van der Waals surface area (Å²) in [5.74, 6) is -1.05. The van der Waals surface area contributed by atoms with Crippen molar-refractivity contribution in [2.45, 2.75) is 51.0 Å². The van der Waals surface area contributed by atoms with Crippen molar-refractivity contribution in [3.05, 3.63) is 73.3 Å². The largest absolute Gasteiger partial charge is 0.479 e. The molecule has 0 unspecified atom stereocenters. The lowest BCUT2D eigenvalue weighted by Gasteiger charge is -2.22. The molecule has 10 nitrogen and oxygen atoms in total. The van der Waals surface area contributed by atoms with Gasteiger partial charge in [-0.25, -0.2) is 9.78 Å². The van der Waals surface area contributed by atoms with E-state index in [2.05, 4.69) is 5.10 Å². The number of para-hydroxylation sites is 1. The van der Waals surface area contributed by atoms with Crippen molar-refractivity contribution in [3.8, 4) is 5.75 Å². The van der Waals surface area contributed by atoms with Gasteiger partial charge in [0, 0.05) is 22.6 Å². The monoisotopic (exact) mass is 498 g/mol. The molecule has 1 saturated carbocycles. The third kappa shape index (κ3) is 5.17. The number of ether oxygens (including phenoxy) is 1. The minimum absolute atomic E-state index is 0.0324. The summed E-state index contributed by atoms with van der Waals surface area (Å²) in [5.41, 5.74) is -0.247. The van der Waals surface area contributed by atoms with Gasteiger partial charge in [0.05, 0.1) is 22.0 Å². The van der Waals surface area contributed by atoms with E-state index < -0.39 is 22.7 Å². The highest BCUT2D eigenvalue weighted by Gasteiger charge is 2.26. The number of carboxylic acid groups (broad SMARTS) is 1. The molecule has 0 radical (unpaired) electrons. The highest BCUT2D eigenvalue weighted by atomic mass is 35.5. The molecule has 35 heavy (non-hydrogen) atoms. The minimum Gasteiger partial charge on any atom is -0.479 e. The van der Waals surface area contributed by atoms with Gasteiger partial charge in [-0.15, -0.1) is 0 Å². The van der Waals surface area contributed by atoms with Crippen LogP contribution >= 0.6 is 11.6 Å². The van der Waals surface area contributed by atoms with Crippen molar-refractivity contribution < 1.29 is 19.6 Å². The second kappa shape index (κ2) is 10.2. The molecule has 0 saturated heterocycles. The molecular weight excluding hydrogens is 476 g/mol. The van der Waals surface area contributed by atoms with Gasteiger partial charge < -0.3 is 9.84 Å². The van der Waals surface area contributed by atoms with E-state index in [1.54, 1.807) is 18.2 Å². The first-order chi connectivity index (χ1) is 16.8. The Bertz CT molecular complexity index is 1380. The predicted molar refractivity (Wildman–Crippen MR) is 131 cm³/mol. The molecule has 1 fully saturated rings. The zero-order valence-corrected chi connectivity index (χ0v) is 19.6. The number of aromatic nitrogens is 2. The number of fused-ring (bicyclic) bond motifs is 1. The fourth-order valence-electron chi connectivity index (χ4n) is 4.18. The van der Waals surface area contributed by atoms with Crippen LogP contribution in [0.3, 0.4) is 0 Å². The summed E-state index contributed by atoms with van der Waals surface area (Å²) in [6.07, 6.45) is 4.73. The summed E-state index contributed by atoms with van der Waals surface area (Å²) in [7, 11) is 0. The number of aliphatic carboxylic acids is 1. The first kappa shape index (κ1) is 24.3. The lowest BCUT2D eigenvalue weighted by molar-refractivity contribution is -0.386. The lowest BCUT2D eigenvalue weighted by Crippen LogP contribution is -2.25. The maximum absolute atomic E-state index is 13.4. The van der Waals surface area contributed by atoms with Crippen LogP contribution < -0.4 is 10.3 Å². The molecule has 1 aromatic heterocycles. The van der Waals surface area contributed by atoms with Crippen molar-refractivity contribution in [2.24, 2.45) is 5.10 Å². The average molecular weight is 499 g/mol. The third-order valence-electron chi connectivity index (χ3n) is 5.96. The lowest BCUT2D eigenvalue weighted by atomic mass is 9.88. The minimum atomic E-state index is -1.37. The summed E-state index contributed by atoms with van der Waals surface area (Å²) < 4.78 is 6.61. The van der Waals surface area contributed by atoms with Gasteiger partial charge in [-0.05, 0) is 38.0 Å². The molecule has 3 aromatic rings. The second-order valence-corrected chi connectivity index (χ2v) is 8.82. The number of halogens is 1. The smallest absolute Gasteiger partial charge is 0.344 e. The van der Waals surface area contributed by atoms with Crippen LogP contribution in [-0.2, 0) is 4.79 Å². The number of hydrogen-bond acceptors (Lipinski definition) is 7. The van der Waals surface area contributed by atoms with E-state index >= 15 is 0 Å². The van der Waals surface area contributed by atoms with Crippen LogP contribution in [-0.4, -0.2) is 38.0 Å². The Labute approximate surface area is 205 Å². The molecule has 1 aliphatic carbocycles. The van der Waals surface area contributed by atoms with Crippen LogP contribution in [0.2, 0.25) is 5.02 Å². The fourth-order valence-corrected chi connectivity index (χ4v) is 4.41. The van der Waals surface area contributed by atoms with Crippen molar-refractivity contribution in [1.29, 1.82) is 0 Å². The van der Waals surface area contributed by atoms with Gasteiger partial charge in [0.15, 0.2) is 6.10 Å². The first-order valence-electron chi connectivity index (χ1n) is 11.2. The standard InChI is InChI=1S/C24H23ClN4O6/c1-14(24(31)32)35-21-16(11-17(25)12-20(21)29(33)34)13-26-28-22(15-7-3-2-4-8-15)27-19-10-6-5-9-18(19)23(28)30/h5-6,9-15H,2-4,7-8H2,1H3,(H,31,32)/t14-/m0/s1. The van der Waals surface area contributed by atoms with Gasteiger partial charge in [-0.2, -0.15) is 9.78 Å². The molecule has 11 heteroatoms. The van der Waals surface area contributed by atoms with Crippen LogP contribution in [0.5, 0.6) is 5.75 Å². The van der Waals surface area contributed by atoms with Gasteiger partial charge in [0.1, 0.15) is 5.82 Å². The van der Waals surface area contributed by atoms with Crippen molar-refractivity contribution in [1.82, 2.24) is 9.66 Å². The van der Waals surface area contributed by atoms with Crippen molar-refractivity contribution in [3.63, 3.8) is 0 Å². The highest BCUT2D eigenvalue weighted by Crippen LogP contribution is 2.35. The number of carboxylic acids is 1. The molecule has 4 rings (SSSR count). The second-order valence-electron chi connectivity index (χ2n) is 8.38. The van der Waals surface area contributed by atoms with Crippen molar-refractivity contribution >= 4 is 40.4 Å². The summed E-state index contributed by atoms with van der Waals surface area (Å²) in [6, 6.07) is 9.41.